The molecule has 9 aromatic carbocycles. The molecule has 2 nitrogen and oxygen atoms in total. The van der Waals surface area contributed by atoms with Gasteiger partial charge in [0.05, 0.1) is 11.4 Å². The van der Waals surface area contributed by atoms with Crippen molar-refractivity contribution in [1.82, 2.24) is 9.38 Å². The summed E-state index contributed by atoms with van der Waals surface area (Å²) < 4.78 is 2.19. The Morgan fingerprint density at radius 3 is 1.51 bits per heavy atom. The van der Waals surface area contributed by atoms with Crippen LogP contribution in [-0.4, -0.2) is 9.38 Å². The normalized spacial score (nSPS) is 11.6. The molecule has 11 aromatic rings. The van der Waals surface area contributed by atoms with E-state index in [1.807, 2.05) is 0 Å². The van der Waals surface area contributed by atoms with E-state index in [4.69, 9.17) is 4.98 Å². The van der Waals surface area contributed by atoms with Gasteiger partial charge in [0.15, 0.2) is 0 Å². The van der Waals surface area contributed by atoms with Crippen LogP contribution in [0.1, 0.15) is 0 Å². The zero-order valence-corrected chi connectivity index (χ0v) is 30.0. The van der Waals surface area contributed by atoms with Crippen LogP contribution in [-0.2, 0) is 0 Å². The molecule has 2 heterocycles. The minimum absolute atomic E-state index is 0.935. The molecule has 0 saturated heterocycles. The zero-order valence-electron chi connectivity index (χ0n) is 30.0. The number of aromatic nitrogens is 2. The van der Waals surface area contributed by atoms with Crippen molar-refractivity contribution in [3.05, 3.63) is 206 Å². The Morgan fingerprint density at radius 2 is 0.836 bits per heavy atom. The summed E-state index contributed by atoms with van der Waals surface area (Å²) in [7, 11) is 0. The standard InChI is InChI=1S/C53H34N2/c1-2-15-39(16-3-1)50-25-12-26-51-54-49(34-55(50)51)38-29-27-35(28-30-38)40-31-32-47-48(33-40)53(44-24-11-18-37-14-5-7-20-42(37)44)46-22-9-8-21-45(46)52(47)43-23-10-17-36-13-4-6-19-41(36)43/h1-34H. The number of fused-ring (bicyclic) bond motifs is 5. The predicted octanol–water partition coefficient (Wildman–Crippen LogP) is 14.3. The van der Waals surface area contributed by atoms with Crippen LogP contribution in [0.5, 0.6) is 0 Å². The van der Waals surface area contributed by atoms with E-state index in [0.29, 0.717) is 0 Å². The molecule has 0 amide bonds. The molecule has 55 heavy (non-hydrogen) atoms. The Morgan fingerprint density at radius 1 is 0.327 bits per heavy atom. The largest absolute Gasteiger partial charge is 0.299 e. The van der Waals surface area contributed by atoms with Gasteiger partial charge in [-0.1, -0.05) is 182 Å². The molecule has 0 aliphatic carbocycles. The predicted molar refractivity (Wildman–Crippen MR) is 232 cm³/mol. The van der Waals surface area contributed by atoms with Crippen molar-refractivity contribution in [2.24, 2.45) is 0 Å². The monoisotopic (exact) mass is 698 g/mol. The van der Waals surface area contributed by atoms with Crippen molar-refractivity contribution in [3.8, 4) is 55.9 Å². The van der Waals surface area contributed by atoms with E-state index in [0.717, 1.165) is 22.6 Å². The molecule has 11 rings (SSSR count). The number of benzene rings is 9. The summed E-state index contributed by atoms with van der Waals surface area (Å²) in [5, 5.41) is 10.0. The number of pyridine rings is 1. The molecule has 0 radical (unpaired) electrons. The van der Waals surface area contributed by atoms with Gasteiger partial charge in [-0.05, 0) is 100 Å². The van der Waals surface area contributed by atoms with E-state index >= 15 is 0 Å². The van der Waals surface area contributed by atoms with Gasteiger partial charge in [0.2, 0.25) is 0 Å². The number of hydrogen-bond acceptors (Lipinski definition) is 1. The molecule has 0 aliphatic rings. The van der Waals surface area contributed by atoms with Crippen molar-refractivity contribution in [1.29, 1.82) is 0 Å². The van der Waals surface area contributed by atoms with Gasteiger partial charge in [0, 0.05) is 11.8 Å². The van der Waals surface area contributed by atoms with E-state index in [2.05, 4.69) is 211 Å². The lowest BCUT2D eigenvalue weighted by molar-refractivity contribution is 1.19. The SMILES string of the molecule is c1ccc(-c2cccc3nc(-c4ccc(-c5ccc6c(-c7cccc8ccccc78)c7ccccc7c(-c7cccc8ccccc78)c6c5)cc4)cn23)cc1. The molecular formula is C53H34N2. The average molecular weight is 699 g/mol. The number of rotatable bonds is 5. The molecule has 2 aromatic heterocycles. The fourth-order valence-electron chi connectivity index (χ4n) is 8.65. The van der Waals surface area contributed by atoms with Crippen molar-refractivity contribution in [3.63, 3.8) is 0 Å². The van der Waals surface area contributed by atoms with Gasteiger partial charge < -0.3 is 0 Å². The second kappa shape index (κ2) is 12.7. The third-order valence-electron chi connectivity index (χ3n) is 11.2. The summed E-state index contributed by atoms with van der Waals surface area (Å²) in [6.07, 6.45) is 2.15. The Balaban J connectivity index is 1.12. The average Bonchev–Trinajstić information content (AvgIpc) is 3.70. The highest BCUT2D eigenvalue weighted by Gasteiger charge is 2.20. The van der Waals surface area contributed by atoms with Crippen LogP contribution in [0.2, 0.25) is 0 Å². The smallest absolute Gasteiger partial charge is 0.137 e. The first-order valence-electron chi connectivity index (χ1n) is 18.9. The van der Waals surface area contributed by atoms with Gasteiger partial charge in [0.1, 0.15) is 5.65 Å². The van der Waals surface area contributed by atoms with E-state index in [-0.39, 0.29) is 0 Å². The maximum absolute atomic E-state index is 5.03. The molecule has 0 spiro atoms. The van der Waals surface area contributed by atoms with E-state index < -0.39 is 0 Å². The van der Waals surface area contributed by atoms with E-state index in [1.54, 1.807) is 0 Å². The Hall–Kier alpha value is -7.29. The first-order valence-corrected chi connectivity index (χ1v) is 18.9. The molecule has 0 fully saturated rings. The highest BCUT2D eigenvalue weighted by atomic mass is 15.0. The second-order valence-electron chi connectivity index (χ2n) is 14.3. The third-order valence-corrected chi connectivity index (χ3v) is 11.2. The molecule has 0 unspecified atom stereocenters. The van der Waals surface area contributed by atoms with Crippen LogP contribution < -0.4 is 0 Å². The van der Waals surface area contributed by atoms with Crippen LogP contribution in [0, 0.1) is 0 Å². The summed E-state index contributed by atoms with van der Waals surface area (Å²) in [6.45, 7) is 0. The number of nitrogens with zero attached hydrogens (tertiary/aromatic N) is 2. The van der Waals surface area contributed by atoms with E-state index in [1.165, 1.54) is 82.0 Å². The minimum Gasteiger partial charge on any atom is -0.299 e. The van der Waals surface area contributed by atoms with Gasteiger partial charge in [-0.3, -0.25) is 4.40 Å². The molecule has 2 heteroatoms. The van der Waals surface area contributed by atoms with Gasteiger partial charge >= 0.3 is 0 Å². The Kier molecular flexibility index (Phi) is 7.21. The molecule has 0 bridgehead atoms. The molecule has 0 N–H and O–H groups in total. The quantitative estimate of drug-likeness (QED) is 0.164. The maximum atomic E-state index is 5.03. The first kappa shape index (κ1) is 31.3. The summed E-state index contributed by atoms with van der Waals surface area (Å²) >= 11 is 0. The summed E-state index contributed by atoms with van der Waals surface area (Å²) in [5.74, 6) is 0. The Bertz CT molecular complexity index is 3230. The van der Waals surface area contributed by atoms with Crippen molar-refractivity contribution in [2.75, 3.05) is 0 Å². The highest BCUT2D eigenvalue weighted by Crippen LogP contribution is 2.47. The molecule has 256 valence electrons. The molecule has 0 saturated carbocycles. The van der Waals surface area contributed by atoms with Gasteiger partial charge in [-0.25, -0.2) is 4.98 Å². The van der Waals surface area contributed by atoms with Crippen LogP contribution in [0.25, 0.3) is 105 Å². The van der Waals surface area contributed by atoms with Gasteiger partial charge in [-0.15, -0.1) is 0 Å². The highest BCUT2D eigenvalue weighted by molar-refractivity contribution is 6.25. The fraction of sp³-hybridized carbons (Fsp3) is 0. The summed E-state index contributed by atoms with van der Waals surface area (Å²) in [4.78, 5) is 5.03. The third kappa shape index (κ3) is 5.15. The number of imidazole rings is 1. The fourth-order valence-corrected chi connectivity index (χ4v) is 8.65. The topological polar surface area (TPSA) is 17.3 Å². The summed E-state index contributed by atoms with van der Waals surface area (Å²) in [5.41, 5.74) is 12.7. The van der Waals surface area contributed by atoms with Crippen molar-refractivity contribution < 1.29 is 0 Å². The van der Waals surface area contributed by atoms with Crippen LogP contribution in [0.4, 0.5) is 0 Å². The van der Waals surface area contributed by atoms with Crippen molar-refractivity contribution in [2.45, 2.75) is 0 Å². The number of hydrogen-bond donors (Lipinski definition) is 0. The second-order valence-corrected chi connectivity index (χ2v) is 14.3. The van der Waals surface area contributed by atoms with Gasteiger partial charge in [-0.2, -0.15) is 0 Å². The lowest BCUT2D eigenvalue weighted by atomic mass is 9.83. The molecule has 0 atom stereocenters. The molecule has 0 aliphatic heterocycles. The van der Waals surface area contributed by atoms with Crippen molar-refractivity contribution >= 4 is 48.7 Å². The molecular weight excluding hydrogens is 665 g/mol. The zero-order chi connectivity index (χ0) is 36.3. The van der Waals surface area contributed by atoms with Crippen LogP contribution in [0.15, 0.2) is 206 Å². The minimum atomic E-state index is 0.935. The Labute approximate surface area is 319 Å². The summed E-state index contributed by atoms with van der Waals surface area (Å²) in [6, 6.07) is 72.6. The van der Waals surface area contributed by atoms with Crippen LogP contribution >= 0.6 is 0 Å². The lowest BCUT2D eigenvalue weighted by Crippen LogP contribution is -1.93. The van der Waals surface area contributed by atoms with Gasteiger partial charge in [0.25, 0.3) is 0 Å². The lowest BCUT2D eigenvalue weighted by Gasteiger charge is -2.20. The first-order chi connectivity index (χ1) is 27.3. The van der Waals surface area contributed by atoms with E-state index in [9.17, 15) is 0 Å². The van der Waals surface area contributed by atoms with Crippen LogP contribution in [0.3, 0.4) is 0 Å². The maximum Gasteiger partial charge on any atom is 0.137 e.